The van der Waals surface area contributed by atoms with Crippen LogP contribution in [0.1, 0.15) is 42.3 Å². The van der Waals surface area contributed by atoms with Gasteiger partial charge in [0.05, 0.1) is 0 Å². The lowest BCUT2D eigenvalue weighted by Gasteiger charge is -2.36. The first-order valence-electron chi connectivity index (χ1n) is 12.6. The van der Waals surface area contributed by atoms with Crippen molar-refractivity contribution in [3.05, 3.63) is 95.6 Å². The van der Waals surface area contributed by atoms with E-state index in [1.54, 1.807) is 24.3 Å². The SMILES string of the molecule is CC(C)(C)C(=O)Nc1cccc(C(=O)NCc2ccccc2CN2CCN(c3ccccc3)CC2)c1. The molecule has 0 radical (unpaired) electrons. The minimum Gasteiger partial charge on any atom is -0.369 e. The van der Waals surface area contributed by atoms with Crippen LogP contribution in [0.2, 0.25) is 0 Å². The van der Waals surface area contributed by atoms with Crippen LogP contribution >= 0.6 is 0 Å². The molecule has 6 heteroatoms. The van der Waals surface area contributed by atoms with Gasteiger partial charge in [0.2, 0.25) is 5.91 Å². The topological polar surface area (TPSA) is 64.7 Å². The van der Waals surface area contributed by atoms with Crippen molar-refractivity contribution in [2.75, 3.05) is 36.4 Å². The van der Waals surface area contributed by atoms with Crippen molar-refractivity contribution < 1.29 is 9.59 Å². The fraction of sp³-hybridized carbons (Fsp3) is 0.333. The fourth-order valence-corrected chi connectivity index (χ4v) is 4.26. The van der Waals surface area contributed by atoms with Crippen LogP contribution in [-0.2, 0) is 17.9 Å². The molecular formula is C30H36N4O2. The number of carbonyl (C=O) groups is 2. The highest BCUT2D eigenvalue weighted by atomic mass is 16.2. The van der Waals surface area contributed by atoms with Crippen molar-refractivity contribution in [2.24, 2.45) is 5.41 Å². The molecule has 2 N–H and O–H groups in total. The van der Waals surface area contributed by atoms with Crippen LogP contribution in [0.4, 0.5) is 11.4 Å². The normalized spacial score (nSPS) is 14.4. The minimum absolute atomic E-state index is 0.0846. The van der Waals surface area contributed by atoms with E-state index in [-0.39, 0.29) is 11.8 Å². The van der Waals surface area contributed by atoms with Gasteiger partial charge in [0, 0.05) is 61.6 Å². The summed E-state index contributed by atoms with van der Waals surface area (Å²) in [7, 11) is 0. The molecule has 0 spiro atoms. The van der Waals surface area contributed by atoms with E-state index < -0.39 is 5.41 Å². The third-order valence-corrected chi connectivity index (χ3v) is 6.51. The lowest BCUT2D eigenvalue weighted by Crippen LogP contribution is -2.46. The van der Waals surface area contributed by atoms with Crippen molar-refractivity contribution in [2.45, 2.75) is 33.9 Å². The molecule has 3 aromatic carbocycles. The Balaban J connectivity index is 1.33. The van der Waals surface area contributed by atoms with E-state index in [1.165, 1.54) is 11.3 Å². The predicted molar refractivity (Wildman–Crippen MR) is 146 cm³/mol. The summed E-state index contributed by atoms with van der Waals surface area (Å²) in [6.07, 6.45) is 0. The Kier molecular flexibility index (Phi) is 8.06. The molecule has 3 aromatic rings. The summed E-state index contributed by atoms with van der Waals surface area (Å²) < 4.78 is 0. The van der Waals surface area contributed by atoms with E-state index in [1.807, 2.05) is 26.8 Å². The van der Waals surface area contributed by atoms with Gasteiger partial charge < -0.3 is 15.5 Å². The monoisotopic (exact) mass is 484 g/mol. The Bertz CT molecular complexity index is 1180. The number of carbonyl (C=O) groups excluding carboxylic acids is 2. The Hall–Kier alpha value is -3.64. The van der Waals surface area contributed by atoms with Crippen LogP contribution in [0.5, 0.6) is 0 Å². The Morgan fingerprint density at radius 3 is 2.17 bits per heavy atom. The molecule has 188 valence electrons. The summed E-state index contributed by atoms with van der Waals surface area (Å²) in [4.78, 5) is 30.1. The van der Waals surface area contributed by atoms with Crippen molar-refractivity contribution >= 4 is 23.2 Å². The van der Waals surface area contributed by atoms with Crippen molar-refractivity contribution in [3.63, 3.8) is 0 Å². The zero-order valence-electron chi connectivity index (χ0n) is 21.5. The van der Waals surface area contributed by atoms with Gasteiger partial charge in [-0.05, 0) is 41.5 Å². The second kappa shape index (κ2) is 11.4. The third-order valence-electron chi connectivity index (χ3n) is 6.51. The number of amides is 2. The highest BCUT2D eigenvalue weighted by molar-refractivity contribution is 5.98. The molecule has 0 bridgehead atoms. The van der Waals surface area contributed by atoms with Gasteiger partial charge in [0.1, 0.15) is 0 Å². The van der Waals surface area contributed by atoms with Crippen molar-refractivity contribution in [1.82, 2.24) is 10.2 Å². The Morgan fingerprint density at radius 1 is 0.806 bits per heavy atom. The molecule has 1 fully saturated rings. The first-order valence-corrected chi connectivity index (χ1v) is 12.6. The van der Waals surface area contributed by atoms with E-state index >= 15 is 0 Å². The molecule has 36 heavy (non-hydrogen) atoms. The number of piperazine rings is 1. The lowest BCUT2D eigenvalue weighted by atomic mass is 9.95. The van der Waals surface area contributed by atoms with Crippen LogP contribution in [0, 0.1) is 5.41 Å². The second-order valence-electron chi connectivity index (χ2n) is 10.3. The molecule has 1 aliphatic heterocycles. The van der Waals surface area contributed by atoms with E-state index in [9.17, 15) is 9.59 Å². The standard InChI is InChI=1S/C30H36N4O2/c1-30(2,3)29(36)32-26-13-9-12-23(20-26)28(35)31-21-24-10-7-8-11-25(24)22-33-16-18-34(19-17-33)27-14-5-4-6-15-27/h4-15,20H,16-19,21-22H2,1-3H3,(H,31,35)(H,32,36). The minimum atomic E-state index is -0.504. The summed E-state index contributed by atoms with van der Waals surface area (Å²) in [5.41, 5.74) is 4.28. The number of para-hydroxylation sites is 1. The smallest absolute Gasteiger partial charge is 0.251 e. The molecule has 0 atom stereocenters. The number of anilines is 2. The number of nitrogens with one attached hydrogen (secondary N) is 2. The average Bonchev–Trinajstić information content (AvgIpc) is 2.88. The first kappa shape index (κ1) is 25.5. The van der Waals surface area contributed by atoms with Crippen LogP contribution < -0.4 is 15.5 Å². The fourth-order valence-electron chi connectivity index (χ4n) is 4.26. The maximum atomic E-state index is 12.9. The van der Waals surface area contributed by atoms with Crippen LogP contribution in [0.15, 0.2) is 78.9 Å². The summed E-state index contributed by atoms with van der Waals surface area (Å²) in [5, 5.41) is 5.94. The quantitative estimate of drug-likeness (QED) is 0.500. The van der Waals surface area contributed by atoms with Gasteiger partial charge in [-0.3, -0.25) is 14.5 Å². The molecule has 1 saturated heterocycles. The van der Waals surface area contributed by atoms with Crippen LogP contribution in [-0.4, -0.2) is 42.9 Å². The summed E-state index contributed by atoms with van der Waals surface area (Å²) in [6, 6.07) is 25.9. The van der Waals surface area contributed by atoms with E-state index in [0.29, 0.717) is 17.8 Å². The Labute approximate surface area is 214 Å². The van der Waals surface area contributed by atoms with Crippen LogP contribution in [0.3, 0.4) is 0 Å². The van der Waals surface area contributed by atoms with Crippen molar-refractivity contribution in [1.29, 1.82) is 0 Å². The number of rotatable bonds is 7. The van der Waals surface area contributed by atoms with Gasteiger partial charge in [-0.15, -0.1) is 0 Å². The molecule has 1 heterocycles. The molecule has 0 aromatic heterocycles. The van der Waals surface area contributed by atoms with Gasteiger partial charge in [0.25, 0.3) is 5.91 Å². The molecule has 0 aliphatic carbocycles. The third kappa shape index (κ3) is 6.73. The number of hydrogen-bond acceptors (Lipinski definition) is 4. The summed E-state index contributed by atoms with van der Waals surface area (Å²) in [5.74, 6) is -0.244. The molecule has 4 rings (SSSR count). The molecule has 1 aliphatic rings. The molecule has 6 nitrogen and oxygen atoms in total. The summed E-state index contributed by atoms with van der Waals surface area (Å²) >= 11 is 0. The lowest BCUT2D eigenvalue weighted by molar-refractivity contribution is -0.123. The van der Waals surface area contributed by atoms with Gasteiger partial charge in [-0.2, -0.15) is 0 Å². The molecule has 2 amide bonds. The second-order valence-corrected chi connectivity index (χ2v) is 10.3. The highest BCUT2D eigenvalue weighted by Gasteiger charge is 2.22. The number of hydrogen-bond donors (Lipinski definition) is 2. The van der Waals surface area contributed by atoms with Gasteiger partial charge >= 0.3 is 0 Å². The Morgan fingerprint density at radius 2 is 1.47 bits per heavy atom. The molecule has 0 unspecified atom stereocenters. The zero-order chi connectivity index (χ0) is 25.5. The molecular weight excluding hydrogens is 448 g/mol. The maximum absolute atomic E-state index is 12.9. The number of nitrogens with zero attached hydrogens (tertiary/aromatic N) is 2. The van der Waals surface area contributed by atoms with E-state index in [4.69, 9.17) is 0 Å². The van der Waals surface area contributed by atoms with Gasteiger partial charge in [0.15, 0.2) is 0 Å². The van der Waals surface area contributed by atoms with Crippen LogP contribution in [0.25, 0.3) is 0 Å². The zero-order valence-corrected chi connectivity index (χ0v) is 21.5. The number of benzene rings is 3. The maximum Gasteiger partial charge on any atom is 0.251 e. The van der Waals surface area contributed by atoms with Crippen molar-refractivity contribution in [3.8, 4) is 0 Å². The first-order chi connectivity index (χ1) is 17.3. The van der Waals surface area contributed by atoms with E-state index in [2.05, 4.69) is 69.0 Å². The molecule has 0 saturated carbocycles. The largest absolute Gasteiger partial charge is 0.369 e. The predicted octanol–water partition coefficient (Wildman–Crippen LogP) is 4.92. The highest BCUT2D eigenvalue weighted by Crippen LogP contribution is 2.20. The average molecular weight is 485 g/mol. The summed E-state index contributed by atoms with van der Waals surface area (Å²) in [6.45, 7) is 10.9. The van der Waals surface area contributed by atoms with Gasteiger partial charge in [-0.1, -0.05) is 69.3 Å². The van der Waals surface area contributed by atoms with Gasteiger partial charge in [-0.25, -0.2) is 0 Å². The van der Waals surface area contributed by atoms with E-state index in [0.717, 1.165) is 38.3 Å².